The SMILES string of the molecule is N=C(N=c1scc(-c2ccccc2)n1-c1ccc([N+](=O)[O-])cc1)c1ccccn1. The van der Waals surface area contributed by atoms with Crippen LogP contribution in [0.1, 0.15) is 5.69 Å². The molecule has 4 rings (SSSR count). The molecule has 0 aliphatic heterocycles. The third-order valence-corrected chi connectivity index (χ3v) is 5.04. The Morgan fingerprint density at radius 1 is 1.03 bits per heavy atom. The van der Waals surface area contributed by atoms with Crippen molar-refractivity contribution in [3.63, 3.8) is 0 Å². The smallest absolute Gasteiger partial charge is 0.269 e. The third-order valence-electron chi connectivity index (χ3n) is 4.21. The van der Waals surface area contributed by atoms with E-state index in [-0.39, 0.29) is 11.5 Å². The molecule has 2 aromatic carbocycles. The van der Waals surface area contributed by atoms with Crippen LogP contribution in [-0.4, -0.2) is 20.3 Å². The van der Waals surface area contributed by atoms with Crippen LogP contribution in [0.3, 0.4) is 0 Å². The number of rotatable bonds is 4. The average Bonchev–Trinajstić information content (AvgIpc) is 3.18. The van der Waals surface area contributed by atoms with E-state index in [1.807, 2.05) is 40.3 Å². The van der Waals surface area contributed by atoms with Crippen LogP contribution in [0.15, 0.2) is 89.4 Å². The highest BCUT2D eigenvalue weighted by Gasteiger charge is 2.13. The molecule has 8 heteroatoms. The highest BCUT2D eigenvalue weighted by molar-refractivity contribution is 7.07. The Kier molecular flexibility index (Phi) is 5.08. The molecule has 0 radical (unpaired) electrons. The number of nitro benzene ring substituents is 1. The van der Waals surface area contributed by atoms with E-state index in [1.165, 1.54) is 23.5 Å². The summed E-state index contributed by atoms with van der Waals surface area (Å²) in [5.41, 5.74) is 3.08. The molecule has 0 aliphatic rings. The highest BCUT2D eigenvalue weighted by Crippen LogP contribution is 2.24. The molecule has 29 heavy (non-hydrogen) atoms. The summed E-state index contributed by atoms with van der Waals surface area (Å²) in [6.07, 6.45) is 1.62. The molecule has 1 N–H and O–H groups in total. The van der Waals surface area contributed by atoms with Gasteiger partial charge in [0, 0.05) is 29.4 Å². The van der Waals surface area contributed by atoms with Crippen LogP contribution in [0.25, 0.3) is 16.9 Å². The number of aromatic nitrogens is 2. The van der Waals surface area contributed by atoms with E-state index >= 15 is 0 Å². The van der Waals surface area contributed by atoms with E-state index in [4.69, 9.17) is 5.41 Å². The van der Waals surface area contributed by atoms with Crippen LogP contribution in [0, 0.1) is 15.5 Å². The zero-order chi connectivity index (χ0) is 20.2. The standard InChI is InChI=1S/C21H15N5O2S/c22-20(18-8-4-5-13-23-18)24-21-25(16-9-11-17(12-10-16)26(27)28)19(14-29-21)15-6-2-1-3-7-15/h1-14,22H. The molecule has 0 aliphatic carbocycles. The predicted molar refractivity (Wildman–Crippen MR) is 112 cm³/mol. The number of hydrogen-bond donors (Lipinski definition) is 1. The zero-order valence-corrected chi connectivity index (χ0v) is 15.9. The van der Waals surface area contributed by atoms with Crippen LogP contribution in [0.2, 0.25) is 0 Å². The van der Waals surface area contributed by atoms with Gasteiger partial charge in [-0.2, -0.15) is 4.99 Å². The fraction of sp³-hybridized carbons (Fsp3) is 0. The first-order chi connectivity index (χ1) is 14.1. The van der Waals surface area contributed by atoms with Gasteiger partial charge in [0.15, 0.2) is 10.6 Å². The van der Waals surface area contributed by atoms with Gasteiger partial charge in [-0.15, -0.1) is 11.3 Å². The van der Waals surface area contributed by atoms with Gasteiger partial charge in [-0.05, 0) is 29.8 Å². The van der Waals surface area contributed by atoms with E-state index < -0.39 is 4.92 Å². The lowest BCUT2D eigenvalue weighted by molar-refractivity contribution is -0.384. The summed E-state index contributed by atoms with van der Waals surface area (Å²) >= 11 is 1.39. The molecule has 4 aromatic rings. The summed E-state index contributed by atoms with van der Waals surface area (Å²) in [5, 5.41) is 21.3. The van der Waals surface area contributed by atoms with Crippen LogP contribution in [0.4, 0.5) is 5.69 Å². The molecule has 0 fully saturated rings. The second kappa shape index (κ2) is 7.99. The minimum absolute atomic E-state index is 0.0190. The van der Waals surface area contributed by atoms with Gasteiger partial charge in [-0.1, -0.05) is 36.4 Å². The molecule has 7 nitrogen and oxygen atoms in total. The molecule has 0 unspecified atom stereocenters. The van der Waals surface area contributed by atoms with E-state index in [2.05, 4.69) is 9.98 Å². The summed E-state index contributed by atoms with van der Waals surface area (Å²) in [5.74, 6) is 0.0442. The number of nitro groups is 1. The minimum atomic E-state index is -0.428. The Hall–Kier alpha value is -3.91. The van der Waals surface area contributed by atoms with Crippen LogP contribution >= 0.6 is 11.3 Å². The van der Waals surface area contributed by atoms with E-state index in [1.54, 1.807) is 36.5 Å². The molecule has 2 aromatic heterocycles. The maximum Gasteiger partial charge on any atom is 0.269 e. The van der Waals surface area contributed by atoms with E-state index in [9.17, 15) is 10.1 Å². The van der Waals surface area contributed by atoms with Crippen molar-refractivity contribution >= 4 is 22.9 Å². The molecule has 0 spiro atoms. The first kappa shape index (κ1) is 18.5. The van der Waals surface area contributed by atoms with Gasteiger partial charge in [-0.3, -0.25) is 25.1 Å². The predicted octanol–water partition coefficient (Wildman–Crippen LogP) is 4.44. The second-order valence-corrected chi connectivity index (χ2v) is 6.89. The molecular weight excluding hydrogens is 386 g/mol. The van der Waals surface area contributed by atoms with Gasteiger partial charge < -0.3 is 0 Å². The number of thiazole rings is 1. The topological polar surface area (TPSA) is 97.2 Å². The van der Waals surface area contributed by atoms with Crippen molar-refractivity contribution in [3.05, 3.63) is 105 Å². The lowest BCUT2D eigenvalue weighted by atomic mass is 10.1. The van der Waals surface area contributed by atoms with Crippen LogP contribution in [0.5, 0.6) is 0 Å². The van der Waals surface area contributed by atoms with Crippen molar-refractivity contribution in [1.29, 1.82) is 5.41 Å². The van der Waals surface area contributed by atoms with Gasteiger partial charge in [0.1, 0.15) is 5.69 Å². The Balaban J connectivity index is 1.88. The second-order valence-electron chi connectivity index (χ2n) is 6.05. The molecule has 2 heterocycles. The van der Waals surface area contributed by atoms with Crippen molar-refractivity contribution < 1.29 is 4.92 Å². The fourth-order valence-corrected chi connectivity index (χ4v) is 3.74. The number of non-ortho nitro benzene ring substituents is 1. The normalized spacial score (nSPS) is 11.4. The molecule has 0 saturated heterocycles. The summed E-state index contributed by atoms with van der Waals surface area (Å²) in [6, 6.07) is 21.4. The van der Waals surface area contributed by atoms with Crippen LogP contribution in [-0.2, 0) is 0 Å². The number of hydrogen-bond acceptors (Lipinski definition) is 5. The van der Waals surface area contributed by atoms with Gasteiger partial charge in [0.2, 0.25) is 0 Å². The van der Waals surface area contributed by atoms with Crippen LogP contribution < -0.4 is 4.80 Å². The van der Waals surface area contributed by atoms with Gasteiger partial charge in [-0.25, -0.2) is 0 Å². The highest BCUT2D eigenvalue weighted by atomic mass is 32.1. The summed E-state index contributed by atoms with van der Waals surface area (Å²) in [7, 11) is 0. The molecule has 142 valence electrons. The maximum absolute atomic E-state index is 11.0. The zero-order valence-electron chi connectivity index (χ0n) is 15.1. The number of benzene rings is 2. The molecule has 0 saturated carbocycles. The van der Waals surface area contributed by atoms with Crippen molar-refractivity contribution in [2.24, 2.45) is 4.99 Å². The Labute approximate surface area is 169 Å². The monoisotopic (exact) mass is 401 g/mol. The van der Waals surface area contributed by atoms with Crippen molar-refractivity contribution in [1.82, 2.24) is 9.55 Å². The van der Waals surface area contributed by atoms with Gasteiger partial charge >= 0.3 is 0 Å². The number of pyridine rings is 1. The lowest BCUT2D eigenvalue weighted by Crippen LogP contribution is -2.16. The Bertz CT molecular complexity index is 1230. The molecule has 0 atom stereocenters. The largest absolute Gasteiger partial charge is 0.285 e. The van der Waals surface area contributed by atoms with Crippen molar-refractivity contribution in [2.75, 3.05) is 0 Å². The van der Waals surface area contributed by atoms with E-state index in [0.717, 1.165) is 16.9 Å². The fourth-order valence-electron chi connectivity index (χ4n) is 2.83. The molecular formula is C21H15N5O2S. The summed E-state index contributed by atoms with van der Waals surface area (Å²) in [4.78, 5) is 19.8. The average molecular weight is 401 g/mol. The Morgan fingerprint density at radius 3 is 2.41 bits per heavy atom. The maximum atomic E-state index is 11.0. The summed E-state index contributed by atoms with van der Waals surface area (Å²) in [6.45, 7) is 0. The molecule has 0 amide bonds. The third kappa shape index (κ3) is 3.87. The quantitative estimate of drug-likeness (QED) is 0.237. The van der Waals surface area contributed by atoms with Crippen molar-refractivity contribution in [3.8, 4) is 16.9 Å². The number of amidine groups is 1. The van der Waals surface area contributed by atoms with E-state index in [0.29, 0.717) is 10.5 Å². The first-order valence-corrected chi connectivity index (χ1v) is 9.57. The lowest BCUT2D eigenvalue weighted by Gasteiger charge is -2.09. The van der Waals surface area contributed by atoms with Gasteiger partial charge in [0.05, 0.1) is 10.6 Å². The van der Waals surface area contributed by atoms with Gasteiger partial charge in [0.25, 0.3) is 5.69 Å². The summed E-state index contributed by atoms with van der Waals surface area (Å²) < 4.78 is 1.89. The Morgan fingerprint density at radius 2 is 1.76 bits per heavy atom. The minimum Gasteiger partial charge on any atom is -0.285 e. The van der Waals surface area contributed by atoms with Crippen molar-refractivity contribution in [2.45, 2.75) is 0 Å². The first-order valence-electron chi connectivity index (χ1n) is 8.69. The molecule has 0 bridgehead atoms. The number of nitrogens with one attached hydrogen (secondary N) is 1. The number of nitrogens with zero attached hydrogens (tertiary/aromatic N) is 4.